The van der Waals surface area contributed by atoms with Crippen molar-refractivity contribution in [2.75, 3.05) is 7.11 Å². The summed E-state index contributed by atoms with van der Waals surface area (Å²) in [6.45, 7) is 0. The Bertz CT molecular complexity index is 807. The van der Waals surface area contributed by atoms with Crippen molar-refractivity contribution in [2.24, 2.45) is 0 Å². The van der Waals surface area contributed by atoms with Crippen molar-refractivity contribution in [3.63, 3.8) is 0 Å². The molecule has 0 radical (unpaired) electrons. The smallest absolute Gasteiger partial charge is 0.169 e. The second-order valence-electron chi connectivity index (χ2n) is 4.80. The predicted molar refractivity (Wildman–Crippen MR) is 79.3 cm³/mol. The van der Waals surface area contributed by atoms with Gasteiger partial charge in [-0.2, -0.15) is 0 Å². The van der Waals surface area contributed by atoms with Crippen molar-refractivity contribution in [1.29, 1.82) is 0 Å². The minimum Gasteiger partial charge on any atom is -0.496 e. The number of carbonyl (C=O) groups excluding carboxylic acids is 1. The number of aromatic nitrogens is 1. The third-order valence-electron chi connectivity index (χ3n) is 3.49. The minimum absolute atomic E-state index is 0.0302. The van der Waals surface area contributed by atoms with Crippen molar-refractivity contribution >= 4 is 16.7 Å². The molecule has 3 nitrogen and oxygen atoms in total. The number of fused-ring (bicyclic) bond motifs is 1. The molecular formula is C17H14FNO2. The van der Waals surface area contributed by atoms with Crippen molar-refractivity contribution in [2.45, 2.75) is 6.42 Å². The molecule has 1 aromatic heterocycles. The average Bonchev–Trinajstić information content (AvgIpc) is 2.93. The minimum atomic E-state index is -0.379. The number of para-hydroxylation sites is 1. The number of ketones is 1. The molecule has 1 N–H and O–H groups in total. The van der Waals surface area contributed by atoms with Gasteiger partial charge in [0, 0.05) is 40.7 Å². The number of aromatic amines is 1. The van der Waals surface area contributed by atoms with Crippen LogP contribution in [0.25, 0.3) is 10.9 Å². The Hall–Kier alpha value is -2.62. The van der Waals surface area contributed by atoms with Crippen LogP contribution in [0.3, 0.4) is 0 Å². The molecule has 106 valence electrons. The van der Waals surface area contributed by atoms with Crippen molar-refractivity contribution < 1.29 is 13.9 Å². The molecule has 3 aromatic rings. The molecule has 0 aliphatic rings. The molecule has 0 atom stereocenters. The lowest BCUT2D eigenvalue weighted by Crippen LogP contribution is -2.04. The monoisotopic (exact) mass is 283 g/mol. The van der Waals surface area contributed by atoms with E-state index in [0.29, 0.717) is 16.9 Å². The van der Waals surface area contributed by atoms with Crippen LogP contribution in [0, 0.1) is 5.82 Å². The second-order valence-corrected chi connectivity index (χ2v) is 4.80. The van der Waals surface area contributed by atoms with Gasteiger partial charge in [-0.15, -0.1) is 0 Å². The highest BCUT2D eigenvalue weighted by Crippen LogP contribution is 2.24. The zero-order valence-electron chi connectivity index (χ0n) is 11.5. The fourth-order valence-electron chi connectivity index (χ4n) is 2.43. The van der Waals surface area contributed by atoms with Crippen LogP contribution in [0.15, 0.2) is 48.7 Å². The van der Waals surface area contributed by atoms with Crippen LogP contribution in [-0.2, 0) is 6.42 Å². The van der Waals surface area contributed by atoms with Gasteiger partial charge in [0.2, 0.25) is 0 Å². The number of halogens is 1. The van der Waals surface area contributed by atoms with Crippen LogP contribution < -0.4 is 4.74 Å². The zero-order chi connectivity index (χ0) is 14.8. The van der Waals surface area contributed by atoms with Gasteiger partial charge in [0.1, 0.15) is 11.6 Å². The summed E-state index contributed by atoms with van der Waals surface area (Å²) in [6, 6.07) is 11.8. The lowest BCUT2D eigenvalue weighted by Gasteiger charge is -2.07. The van der Waals surface area contributed by atoms with Crippen LogP contribution >= 0.6 is 0 Å². The number of hydrogen-bond donors (Lipinski definition) is 1. The van der Waals surface area contributed by atoms with E-state index in [-0.39, 0.29) is 18.0 Å². The van der Waals surface area contributed by atoms with Crippen molar-refractivity contribution in [3.05, 3.63) is 65.6 Å². The second kappa shape index (κ2) is 5.40. The van der Waals surface area contributed by atoms with Gasteiger partial charge in [0.25, 0.3) is 0 Å². The molecule has 2 aromatic carbocycles. The van der Waals surface area contributed by atoms with Crippen molar-refractivity contribution in [1.82, 2.24) is 4.98 Å². The number of ether oxygens (including phenoxy) is 1. The standard InChI is InChI=1S/C17H14FNO2/c1-21-17-9-12(18)7-6-11(17)8-16(20)14-10-19-15-5-3-2-4-13(14)15/h2-7,9-10,19H,8H2,1H3. The normalized spacial score (nSPS) is 10.8. The molecule has 0 spiro atoms. The molecule has 0 unspecified atom stereocenters. The van der Waals surface area contributed by atoms with E-state index in [1.807, 2.05) is 24.3 Å². The predicted octanol–water partition coefficient (Wildman–Crippen LogP) is 3.74. The van der Waals surface area contributed by atoms with Crippen LogP contribution in [0.2, 0.25) is 0 Å². The maximum atomic E-state index is 13.2. The van der Waals surface area contributed by atoms with Gasteiger partial charge in [-0.1, -0.05) is 24.3 Å². The fourth-order valence-corrected chi connectivity index (χ4v) is 2.43. The summed E-state index contributed by atoms with van der Waals surface area (Å²) < 4.78 is 18.3. The molecule has 0 fully saturated rings. The van der Waals surface area contributed by atoms with E-state index in [1.54, 1.807) is 12.3 Å². The van der Waals surface area contributed by atoms with Gasteiger partial charge in [0.05, 0.1) is 7.11 Å². The fraction of sp³-hybridized carbons (Fsp3) is 0.118. The van der Waals surface area contributed by atoms with E-state index in [4.69, 9.17) is 4.74 Å². The number of methoxy groups -OCH3 is 1. The maximum absolute atomic E-state index is 13.2. The number of rotatable bonds is 4. The molecule has 0 saturated heterocycles. The highest BCUT2D eigenvalue weighted by molar-refractivity contribution is 6.08. The van der Waals surface area contributed by atoms with Crippen LogP contribution in [0.5, 0.6) is 5.75 Å². The molecular weight excluding hydrogens is 269 g/mol. The van der Waals surface area contributed by atoms with E-state index < -0.39 is 0 Å². The van der Waals surface area contributed by atoms with E-state index in [0.717, 1.165) is 10.9 Å². The lowest BCUT2D eigenvalue weighted by molar-refractivity contribution is 0.0993. The molecule has 3 rings (SSSR count). The van der Waals surface area contributed by atoms with Gasteiger partial charge < -0.3 is 9.72 Å². The van der Waals surface area contributed by atoms with E-state index >= 15 is 0 Å². The molecule has 0 saturated carbocycles. The number of Topliss-reactive ketones (excluding diaryl/α,β-unsaturated/α-hetero) is 1. The third kappa shape index (κ3) is 2.52. The maximum Gasteiger partial charge on any atom is 0.169 e. The molecule has 21 heavy (non-hydrogen) atoms. The Morgan fingerprint density at radius 3 is 2.86 bits per heavy atom. The van der Waals surface area contributed by atoms with E-state index in [9.17, 15) is 9.18 Å². The van der Waals surface area contributed by atoms with Gasteiger partial charge in [-0.25, -0.2) is 4.39 Å². The largest absolute Gasteiger partial charge is 0.496 e. The number of benzene rings is 2. The van der Waals surface area contributed by atoms with Gasteiger partial charge in [0.15, 0.2) is 5.78 Å². The number of hydrogen-bond acceptors (Lipinski definition) is 2. The van der Waals surface area contributed by atoms with Crippen LogP contribution in [0.1, 0.15) is 15.9 Å². The summed E-state index contributed by atoms with van der Waals surface area (Å²) in [5.41, 5.74) is 2.23. The topological polar surface area (TPSA) is 42.1 Å². The van der Waals surface area contributed by atoms with Crippen LogP contribution in [-0.4, -0.2) is 17.9 Å². The highest BCUT2D eigenvalue weighted by Gasteiger charge is 2.15. The lowest BCUT2D eigenvalue weighted by atomic mass is 10.0. The third-order valence-corrected chi connectivity index (χ3v) is 3.49. The first-order valence-electron chi connectivity index (χ1n) is 6.61. The van der Waals surface area contributed by atoms with Gasteiger partial charge in [-0.05, 0) is 12.1 Å². The number of nitrogens with one attached hydrogen (secondary N) is 1. The van der Waals surface area contributed by atoms with Gasteiger partial charge in [-0.3, -0.25) is 4.79 Å². The SMILES string of the molecule is COc1cc(F)ccc1CC(=O)c1c[nH]c2ccccc12. The molecule has 0 aliphatic carbocycles. The Labute approximate surface area is 121 Å². The summed E-state index contributed by atoms with van der Waals surface area (Å²) in [6.07, 6.45) is 1.88. The molecule has 0 bridgehead atoms. The molecule has 0 amide bonds. The quantitative estimate of drug-likeness (QED) is 0.741. The summed E-state index contributed by atoms with van der Waals surface area (Å²) in [5.74, 6) is -0.0179. The van der Waals surface area contributed by atoms with E-state index in [1.165, 1.54) is 19.2 Å². The highest BCUT2D eigenvalue weighted by atomic mass is 19.1. The summed E-state index contributed by atoms with van der Waals surface area (Å²) >= 11 is 0. The first-order valence-corrected chi connectivity index (χ1v) is 6.61. The Kier molecular flexibility index (Phi) is 3.44. The first kappa shape index (κ1) is 13.4. The van der Waals surface area contributed by atoms with Gasteiger partial charge >= 0.3 is 0 Å². The molecule has 4 heteroatoms. The Morgan fingerprint density at radius 2 is 2.05 bits per heavy atom. The zero-order valence-corrected chi connectivity index (χ0v) is 11.5. The Balaban J connectivity index is 1.93. The summed E-state index contributed by atoms with van der Waals surface area (Å²) in [5, 5.41) is 0.892. The number of H-pyrrole nitrogens is 1. The first-order chi connectivity index (χ1) is 10.2. The summed E-state index contributed by atoms with van der Waals surface area (Å²) in [7, 11) is 1.47. The van der Waals surface area contributed by atoms with Crippen molar-refractivity contribution in [3.8, 4) is 5.75 Å². The van der Waals surface area contributed by atoms with E-state index in [2.05, 4.69) is 4.98 Å². The average molecular weight is 283 g/mol. The van der Waals surface area contributed by atoms with Crippen LogP contribution in [0.4, 0.5) is 4.39 Å². The molecule has 0 aliphatic heterocycles. The summed E-state index contributed by atoms with van der Waals surface area (Å²) in [4.78, 5) is 15.6. The molecule has 1 heterocycles. The number of carbonyl (C=O) groups is 1. The Morgan fingerprint density at radius 1 is 1.24 bits per heavy atom.